The van der Waals surface area contributed by atoms with Crippen molar-refractivity contribution < 1.29 is 0 Å². The fraction of sp³-hybridized carbons (Fsp3) is 0.600. The number of aromatic nitrogens is 2. The molecule has 2 rings (SSSR count). The molecule has 82 valence electrons. The van der Waals surface area contributed by atoms with Crippen LogP contribution in [0, 0.1) is 5.92 Å². The number of H-pyrrole nitrogens is 1. The number of nitrogens with two attached hydrogens (primary N) is 1. The van der Waals surface area contributed by atoms with Crippen LogP contribution in [0.1, 0.15) is 18.5 Å². The molecular formula is C10H15N3O2. The van der Waals surface area contributed by atoms with Crippen molar-refractivity contribution in [3.63, 3.8) is 0 Å². The second-order valence-electron chi connectivity index (χ2n) is 4.03. The van der Waals surface area contributed by atoms with E-state index in [4.69, 9.17) is 5.73 Å². The number of nitrogens with one attached hydrogen (secondary N) is 1. The first kappa shape index (κ1) is 10.2. The Bertz CT molecular complexity index is 425. The lowest BCUT2D eigenvalue weighted by Crippen LogP contribution is -2.36. The van der Waals surface area contributed by atoms with Gasteiger partial charge in [0.25, 0.3) is 5.56 Å². The number of hydrogen-bond acceptors (Lipinski definition) is 3. The van der Waals surface area contributed by atoms with Crippen LogP contribution in [0.5, 0.6) is 0 Å². The Morgan fingerprint density at radius 2 is 2.20 bits per heavy atom. The number of rotatable bonds is 4. The predicted octanol–water partition coefficient (Wildman–Crippen LogP) is -0.552. The van der Waals surface area contributed by atoms with Crippen LogP contribution in [-0.4, -0.2) is 16.1 Å². The lowest BCUT2D eigenvalue weighted by atomic mass is 10.3. The first-order valence-corrected chi connectivity index (χ1v) is 5.24. The summed E-state index contributed by atoms with van der Waals surface area (Å²) in [6.45, 7) is 0.985. The molecule has 1 aliphatic rings. The van der Waals surface area contributed by atoms with Gasteiger partial charge in [-0.05, 0) is 25.3 Å². The maximum atomic E-state index is 11.6. The topological polar surface area (TPSA) is 80.9 Å². The number of hydrogen-bond donors (Lipinski definition) is 2. The Morgan fingerprint density at radius 1 is 1.47 bits per heavy atom. The molecule has 1 aliphatic carbocycles. The largest absolute Gasteiger partial charge is 0.330 e. The average Bonchev–Trinajstić information content (AvgIpc) is 2.95. The molecule has 0 spiro atoms. The molecule has 1 aromatic heterocycles. The molecule has 0 amide bonds. The van der Waals surface area contributed by atoms with Gasteiger partial charge in [-0.25, -0.2) is 4.79 Å². The molecule has 0 unspecified atom stereocenters. The molecule has 0 aliphatic heterocycles. The summed E-state index contributed by atoms with van der Waals surface area (Å²) in [7, 11) is 0. The molecule has 0 aromatic carbocycles. The van der Waals surface area contributed by atoms with Crippen molar-refractivity contribution in [2.75, 3.05) is 6.54 Å². The van der Waals surface area contributed by atoms with Crippen molar-refractivity contribution in [2.24, 2.45) is 11.7 Å². The van der Waals surface area contributed by atoms with Gasteiger partial charge in [-0.15, -0.1) is 0 Å². The van der Waals surface area contributed by atoms with E-state index < -0.39 is 0 Å². The van der Waals surface area contributed by atoms with Crippen molar-refractivity contribution in [3.05, 3.63) is 32.6 Å². The summed E-state index contributed by atoms with van der Waals surface area (Å²) in [5.41, 5.74) is 5.46. The normalized spacial score (nSPS) is 15.5. The zero-order valence-corrected chi connectivity index (χ0v) is 8.53. The van der Waals surface area contributed by atoms with E-state index >= 15 is 0 Å². The minimum atomic E-state index is -0.308. The molecule has 5 heteroatoms. The lowest BCUT2D eigenvalue weighted by Gasteiger charge is -2.04. The maximum Gasteiger partial charge on any atom is 0.328 e. The van der Waals surface area contributed by atoms with Gasteiger partial charge in [-0.1, -0.05) is 0 Å². The van der Waals surface area contributed by atoms with Gasteiger partial charge in [0.2, 0.25) is 0 Å². The van der Waals surface area contributed by atoms with Crippen LogP contribution in [0.25, 0.3) is 0 Å². The third kappa shape index (κ3) is 2.36. The Morgan fingerprint density at radius 3 is 2.73 bits per heavy atom. The fourth-order valence-corrected chi connectivity index (χ4v) is 1.59. The van der Waals surface area contributed by atoms with E-state index in [-0.39, 0.29) is 11.2 Å². The zero-order valence-electron chi connectivity index (χ0n) is 8.53. The molecule has 1 saturated carbocycles. The molecule has 0 radical (unpaired) electrons. The van der Waals surface area contributed by atoms with Crippen molar-refractivity contribution in [3.8, 4) is 0 Å². The summed E-state index contributed by atoms with van der Waals surface area (Å²) in [6, 6.07) is 1.47. The summed E-state index contributed by atoms with van der Waals surface area (Å²) in [5, 5.41) is 0. The molecule has 5 nitrogen and oxygen atoms in total. The summed E-state index contributed by atoms with van der Waals surface area (Å²) in [6.07, 6.45) is 2.78. The van der Waals surface area contributed by atoms with Gasteiger partial charge in [0.1, 0.15) is 0 Å². The van der Waals surface area contributed by atoms with Gasteiger partial charge in [0.15, 0.2) is 0 Å². The maximum absolute atomic E-state index is 11.6. The van der Waals surface area contributed by atoms with Gasteiger partial charge in [0.05, 0.1) is 0 Å². The van der Waals surface area contributed by atoms with E-state index in [9.17, 15) is 9.59 Å². The van der Waals surface area contributed by atoms with Crippen molar-refractivity contribution in [1.82, 2.24) is 9.55 Å². The van der Waals surface area contributed by atoms with Crippen LogP contribution in [0.3, 0.4) is 0 Å². The highest BCUT2D eigenvalue weighted by atomic mass is 16.2. The Labute approximate surface area is 86.9 Å². The molecule has 3 N–H and O–H groups in total. The van der Waals surface area contributed by atoms with Crippen LogP contribution >= 0.6 is 0 Å². The van der Waals surface area contributed by atoms with Crippen molar-refractivity contribution in [2.45, 2.75) is 25.8 Å². The monoisotopic (exact) mass is 209 g/mol. The number of nitrogens with zero attached hydrogens (tertiary/aromatic N) is 1. The molecule has 0 bridgehead atoms. The second-order valence-corrected chi connectivity index (χ2v) is 4.03. The Hall–Kier alpha value is -1.36. The van der Waals surface area contributed by atoms with E-state index in [0.29, 0.717) is 31.1 Å². The highest BCUT2D eigenvalue weighted by Crippen LogP contribution is 2.29. The number of aromatic amines is 1. The Kier molecular flexibility index (Phi) is 2.73. The summed E-state index contributed by atoms with van der Waals surface area (Å²) in [5.74, 6) is 0.518. The first-order valence-electron chi connectivity index (χ1n) is 5.24. The van der Waals surface area contributed by atoms with Crippen LogP contribution < -0.4 is 17.0 Å². The summed E-state index contributed by atoms with van der Waals surface area (Å²) < 4.78 is 1.28. The summed E-state index contributed by atoms with van der Waals surface area (Å²) in [4.78, 5) is 25.8. The third-order valence-electron chi connectivity index (χ3n) is 2.63. The van der Waals surface area contributed by atoms with E-state index in [2.05, 4.69) is 4.98 Å². The van der Waals surface area contributed by atoms with Crippen LogP contribution in [0.4, 0.5) is 0 Å². The molecule has 0 saturated heterocycles. The molecule has 0 atom stereocenters. The minimum Gasteiger partial charge on any atom is -0.330 e. The quantitative estimate of drug-likeness (QED) is 0.698. The van der Waals surface area contributed by atoms with Crippen molar-refractivity contribution >= 4 is 0 Å². The van der Waals surface area contributed by atoms with Gasteiger partial charge in [-0.3, -0.25) is 9.36 Å². The van der Waals surface area contributed by atoms with E-state index in [1.165, 1.54) is 10.6 Å². The second kappa shape index (κ2) is 4.02. The predicted molar refractivity (Wildman–Crippen MR) is 56.8 cm³/mol. The zero-order chi connectivity index (χ0) is 10.8. The first-order chi connectivity index (χ1) is 7.20. The SMILES string of the molecule is NCCc1cc(=O)n(CC2CC2)c(=O)[nH]1. The van der Waals surface area contributed by atoms with E-state index in [1.54, 1.807) is 0 Å². The minimum absolute atomic E-state index is 0.214. The lowest BCUT2D eigenvalue weighted by molar-refractivity contribution is 0.570. The van der Waals surface area contributed by atoms with E-state index in [1.807, 2.05) is 0 Å². The molecule has 1 aromatic rings. The summed E-state index contributed by atoms with van der Waals surface area (Å²) >= 11 is 0. The van der Waals surface area contributed by atoms with Gasteiger partial charge in [-0.2, -0.15) is 0 Å². The third-order valence-corrected chi connectivity index (χ3v) is 2.63. The van der Waals surface area contributed by atoms with E-state index in [0.717, 1.165) is 12.8 Å². The van der Waals surface area contributed by atoms with Gasteiger partial charge in [0, 0.05) is 24.7 Å². The fourth-order valence-electron chi connectivity index (χ4n) is 1.59. The van der Waals surface area contributed by atoms with Gasteiger partial charge >= 0.3 is 5.69 Å². The van der Waals surface area contributed by atoms with Crippen LogP contribution in [-0.2, 0) is 13.0 Å². The standard InChI is InChI=1S/C10H15N3O2/c11-4-3-8-5-9(14)13(10(15)12-8)6-7-1-2-7/h5,7H,1-4,6,11H2,(H,12,15). The highest BCUT2D eigenvalue weighted by Gasteiger charge is 2.23. The van der Waals surface area contributed by atoms with Gasteiger partial charge < -0.3 is 10.7 Å². The molecule has 1 heterocycles. The highest BCUT2D eigenvalue weighted by molar-refractivity contribution is 5.00. The molecule has 15 heavy (non-hydrogen) atoms. The van der Waals surface area contributed by atoms with Crippen LogP contribution in [0.15, 0.2) is 15.7 Å². The molecule has 1 fully saturated rings. The smallest absolute Gasteiger partial charge is 0.328 e. The Balaban J connectivity index is 2.30. The molecular weight excluding hydrogens is 194 g/mol. The average molecular weight is 209 g/mol. The van der Waals surface area contributed by atoms with Crippen LogP contribution in [0.2, 0.25) is 0 Å². The van der Waals surface area contributed by atoms with Crippen molar-refractivity contribution in [1.29, 1.82) is 0 Å².